The third-order valence-corrected chi connectivity index (χ3v) is 3.07. The minimum atomic E-state index is -0.577. The fourth-order valence-electron chi connectivity index (χ4n) is 2.11. The van der Waals surface area contributed by atoms with E-state index in [0.717, 1.165) is 11.1 Å². The Hall–Kier alpha value is -2.62. The van der Waals surface area contributed by atoms with Crippen molar-refractivity contribution >= 4 is 17.6 Å². The Bertz CT molecular complexity index is 650. The van der Waals surface area contributed by atoms with Crippen LogP contribution in [0.15, 0.2) is 48.5 Å². The SMILES string of the molecule is CC(=O)c1c(C)cccc1NC(=O)OCc1ccccc1. The summed E-state index contributed by atoms with van der Waals surface area (Å²) in [4.78, 5) is 23.5. The zero-order valence-corrected chi connectivity index (χ0v) is 12.1. The monoisotopic (exact) mass is 283 g/mol. The molecule has 108 valence electrons. The van der Waals surface area contributed by atoms with Gasteiger partial charge in [-0.1, -0.05) is 42.5 Å². The molecule has 4 heteroatoms. The van der Waals surface area contributed by atoms with Crippen LogP contribution in [0.25, 0.3) is 0 Å². The summed E-state index contributed by atoms with van der Waals surface area (Å²) in [5.41, 5.74) is 2.71. The van der Waals surface area contributed by atoms with E-state index in [4.69, 9.17) is 4.74 Å². The Morgan fingerprint density at radius 2 is 1.76 bits per heavy atom. The van der Waals surface area contributed by atoms with Crippen molar-refractivity contribution in [2.45, 2.75) is 20.5 Å². The van der Waals surface area contributed by atoms with Crippen molar-refractivity contribution in [2.75, 3.05) is 5.32 Å². The Kier molecular flexibility index (Phi) is 4.72. The third kappa shape index (κ3) is 3.92. The highest BCUT2D eigenvalue weighted by Gasteiger charge is 2.13. The molecule has 0 radical (unpaired) electrons. The lowest BCUT2D eigenvalue weighted by atomic mass is 10.0. The summed E-state index contributed by atoms with van der Waals surface area (Å²) in [5, 5.41) is 2.62. The summed E-state index contributed by atoms with van der Waals surface area (Å²) >= 11 is 0. The van der Waals surface area contributed by atoms with Gasteiger partial charge in [-0.2, -0.15) is 0 Å². The number of benzene rings is 2. The molecule has 0 aliphatic heterocycles. The molecule has 21 heavy (non-hydrogen) atoms. The lowest BCUT2D eigenvalue weighted by Gasteiger charge is -2.11. The molecular weight excluding hydrogens is 266 g/mol. The standard InChI is InChI=1S/C17H17NO3/c1-12-7-6-10-15(16(12)13(2)19)18-17(20)21-11-14-8-4-3-5-9-14/h3-10H,11H2,1-2H3,(H,18,20). The molecule has 0 saturated heterocycles. The lowest BCUT2D eigenvalue weighted by Crippen LogP contribution is -2.16. The number of carbonyl (C=O) groups excluding carboxylic acids is 2. The number of carbonyl (C=O) groups is 2. The fourth-order valence-corrected chi connectivity index (χ4v) is 2.11. The van der Waals surface area contributed by atoms with E-state index in [0.29, 0.717) is 11.3 Å². The second-order valence-corrected chi connectivity index (χ2v) is 4.74. The molecule has 0 atom stereocenters. The lowest BCUT2D eigenvalue weighted by molar-refractivity contribution is 0.101. The highest BCUT2D eigenvalue weighted by atomic mass is 16.5. The molecule has 0 unspecified atom stereocenters. The summed E-state index contributed by atoms with van der Waals surface area (Å²) in [6.07, 6.45) is -0.577. The summed E-state index contributed by atoms with van der Waals surface area (Å²) in [7, 11) is 0. The van der Waals surface area contributed by atoms with Crippen LogP contribution in [0.4, 0.5) is 10.5 Å². The molecule has 2 aromatic carbocycles. The molecule has 0 bridgehead atoms. The van der Waals surface area contributed by atoms with Crippen molar-refractivity contribution in [3.8, 4) is 0 Å². The molecule has 0 fully saturated rings. The van der Waals surface area contributed by atoms with Crippen LogP contribution in [0.3, 0.4) is 0 Å². The van der Waals surface area contributed by atoms with Gasteiger partial charge in [0.05, 0.1) is 5.69 Å². The maximum Gasteiger partial charge on any atom is 0.411 e. The largest absolute Gasteiger partial charge is 0.444 e. The van der Waals surface area contributed by atoms with E-state index < -0.39 is 6.09 Å². The van der Waals surface area contributed by atoms with Gasteiger partial charge in [0, 0.05) is 5.56 Å². The topological polar surface area (TPSA) is 55.4 Å². The average molecular weight is 283 g/mol. The van der Waals surface area contributed by atoms with E-state index in [1.165, 1.54) is 6.92 Å². The summed E-state index contributed by atoms with van der Waals surface area (Å²) in [6.45, 7) is 3.49. The van der Waals surface area contributed by atoms with Crippen LogP contribution < -0.4 is 5.32 Å². The molecule has 0 aromatic heterocycles. The second kappa shape index (κ2) is 6.70. The fraction of sp³-hybridized carbons (Fsp3) is 0.176. The Morgan fingerprint density at radius 1 is 1.05 bits per heavy atom. The number of Topliss-reactive ketones (excluding diaryl/α,β-unsaturated/α-hetero) is 1. The summed E-state index contributed by atoms with van der Waals surface area (Å²) < 4.78 is 5.15. The van der Waals surface area contributed by atoms with Crippen LogP contribution in [0.1, 0.15) is 28.4 Å². The highest BCUT2D eigenvalue weighted by molar-refractivity contribution is 6.03. The first-order valence-electron chi connectivity index (χ1n) is 6.66. The number of rotatable bonds is 4. The first kappa shape index (κ1) is 14.8. The van der Waals surface area contributed by atoms with Gasteiger partial charge in [-0.3, -0.25) is 10.1 Å². The van der Waals surface area contributed by atoms with E-state index in [1.54, 1.807) is 12.1 Å². The number of hydrogen-bond acceptors (Lipinski definition) is 3. The number of nitrogens with one attached hydrogen (secondary N) is 1. The quantitative estimate of drug-likeness (QED) is 0.864. The van der Waals surface area contributed by atoms with Crippen LogP contribution in [-0.2, 0) is 11.3 Å². The second-order valence-electron chi connectivity index (χ2n) is 4.74. The van der Waals surface area contributed by atoms with Gasteiger partial charge < -0.3 is 4.74 Å². The molecule has 0 aliphatic carbocycles. The van der Waals surface area contributed by atoms with Gasteiger partial charge >= 0.3 is 6.09 Å². The Balaban J connectivity index is 2.03. The van der Waals surface area contributed by atoms with Crippen molar-refractivity contribution < 1.29 is 14.3 Å². The minimum absolute atomic E-state index is 0.0912. The van der Waals surface area contributed by atoms with Crippen LogP contribution in [0.2, 0.25) is 0 Å². The molecule has 1 N–H and O–H groups in total. The molecule has 2 rings (SSSR count). The summed E-state index contributed by atoms with van der Waals surface area (Å²) in [5.74, 6) is -0.0912. The van der Waals surface area contributed by atoms with E-state index >= 15 is 0 Å². The number of ketones is 1. The van der Waals surface area contributed by atoms with Gasteiger partial charge in [0.15, 0.2) is 5.78 Å². The molecule has 0 saturated carbocycles. The van der Waals surface area contributed by atoms with E-state index in [2.05, 4.69) is 5.32 Å². The van der Waals surface area contributed by atoms with Gasteiger partial charge in [0.2, 0.25) is 0 Å². The number of anilines is 1. The predicted octanol–water partition coefficient (Wildman–Crippen LogP) is 3.95. The number of aryl methyl sites for hydroxylation is 1. The predicted molar refractivity (Wildman–Crippen MR) is 81.4 cm³/mol. The maximum absolute atomic E-state index is 11.8. The number of ether oxygens (including phenoxy) is 1. The van der Waals surface area contributed by atoms with Crippen LogP contribution in [0.5, 0.6) is 0 Å². The molecular formula is C17H17NO3. The van der Waals surface area contributed by atoms with Gasteiger partial charge in [0.25, 0.3) is 0 Å². The smallest absolute Gasteiger partial charge is 0.411 e. The zero-order valence-electron chi connectivity index (χ0n) is 12.1. The van der Waals surface area contributed by atoms with Crippen molar-refractivity contribution in [2.24, 2.45) is 0 Å². The van der Waals surface area contributed by atoms with Gasteiger partial charge in [-0.05, 0) is 31.0 Å². The Labute approximate surface area is 123 Å². The van der Waals surface area contributed by atoms with Crippen LogP contribution in [-0.4, -0.2) is 11.9 Å². The summed E-state index contributed by atoms with van der Waals surface area (Å²) in [6, 6.07) is 14.7. The third-order valence-electron chi connectivity index (χ3n) is 3.07. The molecule has 0 heterocycles. The zero-order chi connectivity index (χ0) is 15.2. The molecule has 4 nitrogen and oxygen atoms in total. The number of hydrogen-bond donors (Lipinski definition) is 1. The Morgan fingerprint density at radius 3 is 2.43 bits per heavy atom. The molecule has 0 aliphatic rings. The average Bonchev–Trinajstić information content (AvgIpc) is 2.46. The maximum atomic E-state index is 11.8. The van der Waals surface area contributed by atoms with Crippen molar-refractivity contribution in [3.63, 3.8) is 0 Å². The van der Waals surface area contributed by atoms with E-state index in [-0.39, 0.29) is 12.4 Å². The van der Waals surface area contributed by atoms with E-state index in [1.807, 2.05) is 43.3 Å². The van der Waals surface area contributed by atoms with Gasteiger partial charge in [-0.25, -0.2) is 4.79 Å². The van der Waals surface area contributed by atoms with Crippen LogP contribution in [0, 0.1) is 6.92 Å². The van der Waals surface area contributed by atoms with E-state index in [9.17, 15) is 9.59 Å². The highest BCUT2D eigenvalue weighted by Crippen LogP contribution is 2.20. The van der Waals surface area contributed by atoms with Crippen LogP contribution >= 0.6 is 0 Å². The first-order chi connectivity index (χ1) is 10.1. The normalized spacial score (nSPS) is 10.0. The first-order valence-corrected chi connectivity index (χ1v) is 6.66. The molecule has 0 spiro atoms. The van der Waals surface area contributed by atoms with Crippen molar-refractivity contribution in [1.82, 2.24) is 0 Å². The molecule has 1 amide bonds. The number of amides is 1. The van der Waals surface area contributed by atoms with Crippen molar-refractivity contribution in [3.05, 3.63) is 65.2 Å². The van der Waals surface area contributed by atoms with Gasteiger partial charge in [-0.15, -0.1) is 0 Å². The minimum Gasteiger partial charge on any atom is -0.444 e. The van der Waals surface area contributed by atoms with Crippen molar-refractivity contribution in [1.29, 1.82) is 0 Å². The van der Waals surface area contributed by atoms with Gasteiger partial charge in [0.1, 0.15) is 6.61 Å². The molecule has 2 aromatic rings.